The first kappa shape index (κ1) is 17.1. The maximum absolute atomic E-state index is 14.2. The number of rotatable bonds is 3. The average Bonchev–Trinajstić information content (AvgIpc) is 3.19. The van der Waals surface area contributed by atoms with Crippen molar-refractivity contribution in [3.63, 3.8) is 0 Å². The van der Waals surface area contributed by atoms with Crippen molar-refractivity contribution < 1.29 is 4.39 Å². The Morgan fingerprint density at radius 2 is 2.00 bits per heavy atom. The molecule has 8 heteroatoms. The summed E-state index contributed by atoms with van der Waals surface area (Å²) in [5, 5.41) is 22.1. The van der Waals surface area contributed by atoms with Crippen LogP contribution in [-0.2, 0) is 7.05 Å². The molecule has 0 fully saturated rings. The maximum Gasteiger partial charge on any atom is 0.167 e. The highest BCUT2D eigenvalue weighted by atomic mass is 35.5. The van der Waals surface area contributed by atoms with Crippen LogP contribution in [0.3, 0.4) is 0 Å². The van der Waals surface area contributed by atoms with E-state index >= 15 is 0 Å². The molecule has 0 unspecified atom stereocenters. The fraction of sp³-hybridized carbons (Fsp3) is 0.105. The summed E-state index contributed by atoms with van der Waals surface area (Å²) in [6, 6.07) is 11.9. The normalized spacial score (nSPS) is 10.9. The van der Waals surface area contributed by atoms with E-state index in [1.54, 1.807) is 22.5 Å². The molecule has 2 aromatic heterocycles. The van der Waals surface area contributed by atoms with Crippen LogP contribution in [0.1, 0.15) is 5.56 Å². The number of hydrogen-bond acceptors (Lipinski definition) is 4. The predicted octanol–water partition coefficient (Wildman–Crippen LogP) is 4.13. The van der Waals surface area contributed by atoms with E-state index in [9.17, 15) is 4.39 Å². The van der Waals surface area contributed by atoms with E-state index in [4.69, 9.17) is 16.9 Å². The Hall–Kier alpha value is -3.37. The zero-order valence-electron chi connectivity index (χ0n) is 14.5. The van der Waals surface area contributed by atoms with Gasteiger partial charge in [0.25, 0.3) is 0 Å². The number of halogens is 2. The molecule has 0 aliphatic rings. The lowest BCUT2D eigenvalue weighted by molar-refractivity contribution is 0.624. The summed E-state index contributed by atoms with van der Waals surface area (Å²) >= 11 is 6.51. The summed E-state index contributed by atoms with van der Waals surface area (Å²) in [7, 11) is 3.57. The highest BCUT2D eigenvalue weighted by Gasteiger charge is 2.20. The number of aromatic nitrogens is 4. The molecule has 0 aliphatic heterocycles. The van der Waals surface area contributed by atoms with Gasteiger partial charge in [-0.3, -0.25) is 4.68 Å². The number of anilines is 1. The zero-order valence-corrected chi connectivity index (χ0v) is 15.3. The Morgan fingerprint density at radius 3 is 2.70 bits per heavy atom. The van der Waals surface area contributed by atoms with E-state index < -0.39 is 5.82 Å². The Bertz CT molecular complexity index is 1220. The van der Waals surface area contributed by atoms with Crippen molar-refractivity contribution in [3.8, 4) is 23.0 Å². The Kier molecular flexibility index (Phi) is 4.05. The molecule has 0 spiro atoms. The van der Waals surface area contributed by atoms with Crippen molar-refractivity contribution in [2.75, 3.05) is 12.4 Å². The van der Waals surface area contributed by atoms with Crippen LogP contribution >= 0.6 is 11.6 Å². The minimum Gasteiger partial charge on any atom is -0.370 e. The molecule has 0 atom stereocenters. The molecular formula is C19H14ClFN6. The summed E-state index contributed by atoms with van der Waals surface area (Å²) in [6.45, 7) is 0. The van der Waals surface area contributed by atoms with Gasteiger partial charge >= 0.3 is 0 Å². The van der Waals surface area contributed by atoms with Gasteiger partial charge in [0.1, 0.15) is 16.9 Å². The number of nitrogens with one attached hydrogen (secondary N) is 1. The lowest BCUT2D eigenvalue weighted by Gasteiger charge is -2.09. The summed E-state index contributed by atoms with van der Waals surface area (Å²) < 4.78 is 17.6. The number of nitriles is 1. The van der Waals surface area contributed by atoms with E-state index in [-0.39, 0.29) is 5.56 Å². The van der Waals surface area contributed by atoms with Crippen LogP contribution in [-0.4, -0.2) is 26.6 Å². The molecule has 0 aliphatic carbocycles. The van der Waals surface area contributed by atoms with E-state index in [1.165, 1.54) is 12.1 Å². The van der Waals surface area contributed by atoms with Crippen LogP contribution in [0, 0.1) is 17.1 Å². The number of hydrogen-bond donors (Lipinski definition) is 1. The van der Waals surface area contributed by atoms with Crippen LogP contribution < -0.4 is 5.32 Å². The quantitative estimate of drug-likeness (QED) is 0.580. The van der Waals surface area contributed by atoms with Crippen molar-refractivity contribution >= 4 is 28.3 Å². The first-order chi connectivity index (χ1) is 13.0. The van der Waals surface area contributed by atoms with Gasteiger partial charge in [0.15, 0.2) is 5.82 Å². The van der Waals surface area contributed by atoms with Gasteiger partial charge in [-0.1, -0.05) is 17.7 Å². The van der Waals surface area contributed by atoms with Crippen molar-refractivity contribution in [2.45, 2.75) is 0 Å². The van der Waals surface area contributed by atoms with E-state index in [0.29, 0.717) is 22.1 Å². The summed E-state index contributed by atoms with van der Waals surface area (Å²) in [6.07, 6.45) is 1.91. The number of aryl methyl sites for hydroxylation is 1. The molecule has 4 aromatic rings. The fourth-order valence-corrected chi connectivity index (χ4v) is 3.34. The fourth-order valence-electron chi connectivity index (χ4n) is 3.02. The van der Waals surface area contributed by atoms with Crippen molar-refractivity contribution in [2.24, 2.45) is 7.05 Å². The molecule has 4 rings (SSSR count). The molecule has 2 aromatic carbocycles. The third-order valence-electron chi connectivity index (χ3n) is 4.27. The third-order valence-corrected chi connectivity index (χ3v) is 4.63. The Balaban J connectivity index is 1.95. The number of nitrogens with zero attached hydrogens (tertiary/aromatic N) is 5. The molecule has 0 saturated carbocycles. The van der Waals surface area contributed by atoms with Crippen LogP contribution in [0.2, 0.25) is 5.02 Å². The zero-order chi connectivity index (χ0) is 19.1. The average molecular weight is 381 g/mol. The smallest absolute Gasteiger partial charge is 0.167 e. The van der Waals surface area contributed by atoms with Crippen molar-refractivity contribution in [1.82, 2.24) is 19.6 Å². The molecule has 1 N–H and O–H groups in total. The number of benzene rings is 2. The molecule has 6 nitrogen and oxygen atoms in total. The van der Waals surface area contributed by atoms with E-state index in [0.717, 1.165) is 16.6 Å². The molecular weight excluding hydrogens is 367 g/mol. The summed E-state index contributed by atoms with van der Waals surface area (Å²) in [5.74, 6) is -0.129. The molecule has 0 saturated heterocycles. The largest absolute Gasteiger partial charge is 0.370 e. The third kappa shape index (κ3) is 2.80. The Labute approximate surface area is 159 Å². The standard InChI is InChI=1S/C19H14ClFN6/c1-23-19-17(20)18(11-3-4-12(9-22)15(21)8-11)27(25-19)14-5-6-16-13(7-14)10-26(2)24-16/h3-8,10H,1-2H3,(H,23,25). The van der Waals surface area contributed by atoms with Gasteiger partial charge < -0.3 is 5.32 Å². The first-order valence-corrected chi connectivity index (χ1v) is 8.49. The van der Waals surface area contributed by atoms with E-state index in [2.05, 4.69) is 15.5 Å². The summed E-state index contributed by atoms with van der Waals surface area (Å²) in [4.78, 5) is 0. The van der Waals surface area contributed by atoms with Crippen LogP contribution in [0.15, 0.2) is 42.6 Å². The monoisotopic (exact) mass is 380 g/mol. The van der Waals surface area contributed by atoms with Crippen LogP contribution in [0.5, 0.6) is 0 Å². The predicted molar refractivity (Wildman–Crippen MR) is 103 cm³/mol. The molecule has 0 radical (unpaired) electrons. The second kappa shape index (κ2) is 6.41. The van der Waals surface area contributed by atoms with Crippen molar-refractivity contribution in [1.29, 1.82) is 5.26 Å². The van der Waals surface area contributed by atoms with Crippen LogP contribution in [0.25, 0.3) is 27.8 Å². The van der Waals surface area contributed by atoms with Gasteiger partial charge in [0, 0.05) is 31.2 Å². The van der Waals surface area contributed by atoms with Gasteiger partial charge in [-0.25, -0.2) is 9.07 Å². The van der Waals surface area contributed by atoms with Gasteiger partial charge in [0.2, 0.25) is 0 Å². The number of fused-ring (bicyclic) bond motifs is 1. The SMILES string of the molecule is CNc1nn(-c2ccc3nn(C)cc3c2)c(-c2ccc(C#N)c(F)c2)c1Cl. The maximum atomic E-state index is 14.2. The van der Waals surface area contributed by atoms with Gasteiger partial charge in [-0.15, -0.1) is 5.10 Å². The minimum atomic E-state index is -0.604. The van der Waals surface area contributed by atoms with Gasteiger partial charge in [-0.05, 0) is 30.3 Å². The molecule has 2 heterocycles. The lowest BCUT2D eigenvalue weighted by atomic mass is 10.1. The highest BCUT2D eigenvalue weighted by molar-refractivity contribution is 6.35. The molecule has 0 bridgehead atoms. The second-order valence-electron chi connectivity index (χ2n) is 6.03. The highest BCUT2D eigenvalue weighted by Crippen LogP contribution is 2.36. The summed E-state index contributed by atoms with van der Waals surface area (Å²) in [5.41, 5.74) is 2.66. The second-order valence-corrected chi connectivity index (χ2v) is 6.40. The van der Waals surface area contributed by atoms with Gasteiger partial charge in [-0.2, -0.15) is 10.4 Å². The van der Waals surface area contributed by atoms with E-state index in [1.807, 2.05) is 37.5 Å². The lowest BCUT2D eigenvalue weighted by Crippen LogP contribution is -2.00. The first-order valence-electron chi connectivity index (χ1n) is 8.12. The molecule has 0 amide bonds. The van der Waals surface area contributed by atoms with Crippen molar-refractivity contribution in [3.05, 3.63) is 59.0 Å². The Morgan fingerprint density at radius 1 is 1.19 bits per heavy atom. The van der Waals surface area contributed by atoms with Gasteiger partial charge in [0.05, 0.1) is 22.5 Å². The van der Waals surface area contributed by atoms with Crippen LogP contribution in [0.4, 0.5) is 10.2 Å². The topological polar surface area (TPSA) is 71.5 Å². The minimum absolute atomic E-state index is 0.0217. The molecule has 27 heavy (non-hydrogen) atoms. The molecule has 134 valence electrons.